The van der Waals surface area contributed by atoms with Crippen molar-refractivity contribution in [2.45, 2.75) is 17.4 Å². The number of hydrogen-bond acceptors (Lipinski definition) is 3. The van der Waals surface area contributed by atoms with Gasteiger partial charge in [-0.25, -0.2) is 0 Å². The highest BCUT2D eigenvalue weighted by Gasteiger charge is 2.26. The molecule has 0 bridgehead atoms. The molecule has 106 valence electrons. The minimum atomic E-state index is -0.568. The van der Waals surface area contributed by atoms with Crippen molar-refractivity contribution in [2.24, 2.45) is 0 Å². The zero-order valence-electron chi connectivity index (χ0n) is 11.6. The number of aliphatic hydroxyl groups is 1. The molecule has 0 saturated carbocycles. The van der Waals surface area contributed by atoms with Crippen molar-refractivity contribution >= 4 is 29.1 Å². The van der Waals surface area contributed by atoms with Crippen LogP contribution in [0, 0.1) is 0 Å². The summed E-state index contributed by atoms with van der Waals surface area (Å²) in [5.41, 5.74) is 1.28. The summed E-state index contributed by atoms with van der Waals surface area (Å²) >= 11 is 7.87. The second-order valence-electron chi connectivity index (χ2n) is 4.82. The zero-order valence-corrected chi connectivity index (χ0v) is 13.1. The van der Waals surface area contributed by atoms with Crippen LogP contribution >= 0.6 is 23.4 Å². The highest BCUT2D eigenvalue weighted by Crippen LogP contribution is 2.30. The summed E-state index contributed by atoms with van der Waals surface area (Å²) in [7, 11) is 0. The van der Waals surface area contributed by atoms with E-state index in [1.54, 1.807) is 11.8 Å². The van der Waals surface area contributed by atoms with E-state index in [4.69, 9.17) is 11.6 Å². The normalized spacial score (nSPS) is 13.8. The first-order valence-corrected chi connectivity index (χ1v) is 7.97. The van der Waals surface area contributed by atoms with Crippen LogP contribution in [0.3, 0.4) is 0 Å². The van der Waals surface area contributed by atoms with Crippen LogP contribution in [0.25, 0.3) is 0 Å². The minimum absolute atomic E-state index is 0.0170. The number of benzene rings is 2. The van der Waals surface area contributed by atoms with Crippen LogP contribution in [0.5, 0.6) is 0 Å². The van der Waals surface area contributed by atoms with Gasteiger partial charge in [0.25, 0.3) is 0 Å². The quantitative estimate of drug-likeness (QED) is 0.804. The van der Waals surface area contributed by atoms with Crippen molar-refractivity contribution in [2.75, 3.05) is 18.2 Å². The molecule has 0 aliphatic heterocycles. The molecule has 2 N–H and O–H groups in total. The van der Waals surface area contributed by atoms with E-state index in [0.717, 1.165) is 11.3 Å². The number of aliphatic hydroxyl groups excluding tert-OH is 1. The number of thioether (sulfide) groups is 1. The van der Waals surface area contributed by atoms with Crippen LogP contribution in [-0.4, -0.2) is 18.0 Å². The third kappa shape index (κ3) is 3.29. The average Bonchev–Trinajstić information content (AvgIpc) is 2.49. The van der Waals surface area contributed by atoms with Gasteiger partial charge in [-0.1, -0.05) is 35.9 Å². The van der Waals surface area contributed by atoms with Gasteiger partial charge in [-0.2, -0.15) is 0 Å². The van der Waals surface area contributed by atoms with Gasteiger partial charge in [-0.3, -0.25) is 0 Å². The molecule has 0 fully saturated rings. The monoisotopic (exact) mass is 307 g/mol. The maximum atomic E-state index is 9.81. The topological polar surface area (TPSA) is 32.3 Å². The Bertz CT molecular complexity index is 573. The fourth-order valence-electron chi connectivity index (χ4n) is 2.02. The lowest BCUT2D eigenvalue weighted by Gasteiger charge is -2.31. The number of anilines is 1. The lowest BCUT2D eigenvalue weighted by atomic mass is 9.92. The number of para-hydroxylation sites is 1. The van der Waals surface area contributed by atoms with Gasteiger partial charge in [-0.15, -0.1) is 11.8 Å². The van der Waals surface area contributed by atoms with E-state index in [1.807, 2.05) is 49.6 Å². The van der Waals surface area contributed by atoms with Gasteiger partial charge in [-0.05, 0) is 43.0 Å². The Balaban J connectivity index is 2.30. The molecule has 0 aliphatic rings. The fourth-order valence-corrected chi connectivity index (χ4v) is 2.61. The lowest BCUT2D eigenvalue weighted by Crippen LogP contribution is -2.35. The third-order valence-electron chi connectivity index (χ3n) is 3.33. The summed E-state index contributed by atoms with van der Waals surface area (Å²) in [6.07, 6.45) is 2.04. The fraction of sp³-hybridized carbons (Fsp3) is 0.250. The van der Waals surface area contributed by atoms with E-state index in [9.17, 15) is 5.11 Å². The first-order valence-electron chi connectivity index (χ1n) is 6.37. The molecule has 0 radical (unpaired) electrons. The summed E-state index contributed by atoms with van der Waals surface area (Å²) in [6.45, 7) is 1.95. The second kappa shape index (κ2) is 6.53. The molecule has 0 heterocycles. The molecule has 2 aromatic carbocycles. The maximum absolute atomic E-state index is 9.81. The Labute approximate surface area is 129 Å². The summed E-state index contributed by atoms with van der Waals surface area (Å²) < 4.78 is 0. The molecule has 2 rings (SSSR count). The molecule has 1 atom stereocenters. The van der Waals surface area contributed by atoms with E-state index in [2.05, 4.69) is 17.4 Å². The number of halogens is 1. The van der Waals surface area contributed by atoms with Crippen LogP contribution in [-0.2, 0) is 5.54 Å². The van der Waals surface area contributed by atoms with E-state index < -0.39 is 5.54 Å². The molecule has 0 aromatic heterocycles. The molecule has 2 aromatic rings. The minimum Gasteiger partial charge on any atom is -0.394 e. The Morgan fingerprint density at radius 2 is 1.80 bits per heavy atom. The summed E-state index contributed by atoms with van der Waals surface area (Å²) in [5, 5.41) is 13.8. The van der Waals surface area contributed by atoms with Gasteiger partial charge >= 0.3 is 0 Å². The van der Waals surface area contributed by atoms with Crippen molar-refractivity contribution in [3.63, 3.8) is 0 Å². The maximum Gasteiger partial charge on any atom is 0.0828 e. The van der Waals surface area contributed by atoms with Crippen molar-refractivity contribution in [3.8, 4) is 0 Å². The van der Waals surface area contributed by atoms with E-state index >= 15 is 0 Å². The van der Waals surface area contributed by atoms with E-state index in [1.165, 1.54) is 4.90 Å². The van der Waals surface area contributed by atoms with Gasteiger partial charge in [0.15, 0.2) is 0 Å². The van der Waals surface area contributed by atoms with Crippen LogP contribution < -0.4 is 5.32 Å². The summed E-state index contributed by atoms with van der Waals surface area (Å²) in [5.74, 6) is 0. The van der Waals surface area contributed by atoms with Gasteiger partial charge in [0.05, 0.1) is 22.9 Å². The number of nitrogens with one attached hydrogen (secondary N) is 1. The van der Waals surface area contributed by atoms with E-state index in [-0.39, 0.29) is 6.61 Å². The van der Waals surface area contributed by atoms with Gasteiger partial charge < -0.3 is 10.4 Å². The van der Waals surface area contributed by atoms with E-state index in [0.29, 0.717) is 5.02 Å². The SMILES string of the molecule is CSc1ccc(C(C)(CO)Nc2ccccc2Cl)cc1. The molecule has 20 heavy (non-hydrogen) atoms. The van der Waals surface area contributed by atoms with Crippen LogP contribution in [0.1, 0.15) is 12.5 Å². The molecule has 2 nitrogen and oxygen atoms in total. The molecule has 0 amide bonds. The first kappa shape index (κ1) is 15.2. The van der Waals surface area contributed by atoms with Gasteiger partial charge in [0.1, 0.15) is 0 Å². The van der Waals surface area contributed by atoms with Crippen molar-refractivity contribution < 1.29 is 5.11 Å². The van der Waals surface area contributed by atoms with Crippen LogP contribution in [0.2, 0.25) is 5.02 Å². The Kier molecular flexibility index (Phi) is 4.97. The highest BCUT2D eigenvalue weighted by molar-refractivity contribution is 7.98. The molecule has 1 unspecified atom stereocenters. The lowest BCUT2D eigenvalue weighted by molar-refractivity contribution is 0.224. The molecular weight excluding hydrogens is 290 g/mol. The molecule has 0 spiro atoms. The predicted octanol–water partition coefficient (Wildman–Crippen LogP) is 4.38. The first-order chi connectivity index (χ1) is 9.59. The van der Waals surface area contributed by atoms with Crippen molar-refractivity contribution in [1.82, 2.24) is 0 Å². The average molecular weight is 308 g/mol. The Morgan fingerprint density at radius 3 is 2.35 bits per heavy atom. The summed E-state index contributed by atoms with van der Waals surface area (Å²) in [4.78, 5) is 1.20. The van der Waals surface area contributed by atoms with Crippen molar-refractivity contribution in [3.05, 3.63) is 59.1 Å². The summed E-state index contributed by atoms with van der Waals surface area (Å²) in [6, 6.07) is 15.7. The van der Waals surface area contributed by atoms with Gasteiger partial charge in [0.2, 0.25) is 0 Å². The van der Waals surface area contributed by atoms with Crippen molar-refractivity contribution in [1.29, 1.82) is 0 Å². The van der Waals surface area contributed by atoms with Crippen LogP contribution in [0.4, 0.5) is 5.69 Å². The predicted molar refractivity (Wildman–Crippen MR) is 87.7 cm³/mol. The third-order valence-corrected chi connectivity index (χ3v) is 4.40. The standard InChI is InChI=1S/C16H18ClNOS/c1-16(11-19,12-7-9-13(20-2)10-8-12)18-15-6-4-3-5-14(15)17/h3-10,18-19H,11H2,1-2H3. The number of hydrogen-bond donors (Lipinski definition) is 2. The Morgan fingerprint density at radius 1 is 1.15 bits per heavy atom. The molecule has 0 saturated heterocycles. The highest BCUT2D eigenvalue weighted by atomic mass is 35.5. The molecular formula is C16H18ClNOS. The second-order valence-corrected chi connectivity index (χ2v) is 6.11. The zero-order chi connectivity index (χ0) is 14.6. The Hall–Kier alpha value is -1.16. The molecule has 4 heteroatoms. The van der Waals surface area contributed by atoms with Gasteiger partial charge in [0, 0.05) is 4.90 Å². The largest absolute Gasteiger partial charge is 0.394 e. The number of rotatable bonds is 5. The smallest absolute Gasteiger partial charge is 0.0828 e. The molecule has 0 aliphatic carbocycles. The van der Waals surface area contributed by atoms with Crippen LogP contribution in [0.15, 0.2) is 53.4 Å².